The van der Waals surface area contributed by atoms with Crippen molar-refractivity contribution in [3.63, 3.8) is 0 Å². The van der Waals surface area contributed by atoms with Gasteiger partial charge in [-0.15, -0.1) is 0 Å². The fourth-order valence-corrected chi connectivity index (χ4v) is 4.37. The van der Waals surface area contributed by atoms with Gasteiger partial charge in [0, 0.05) is 38.3 Å². The third kappa shape index (κ3) is 4.71. The number of carbonyl (C=O) groups excluding carboxylic acids is 1. The van der Waals surface area contributed by atoms with E-state index in [0.29, 0.717) is 32.8 Å². The van der Waals surface area contributed by atoms with Crippen molar-refractivity contribution in [1.82, 2.24) is 9.80 Å². The molecule has 154 valence electrons. The third-order valence-corrected chi connectivity index (χ3v) is 6.09. The van der Waals surface area contributed by atoms with Gasteiger partial charge in [0.15, 0.2) is 0 Å². The van der Waals surface area contributed by atoms with Crippen LogP contribution < -0.4 is 0 Å². The Morgan fingerprint density at radius 3 is 2.64 bits per heavy atom. The third-order valence-electron chi connectivity index (χ3n) is 6.09. The number of nitrogens with zero attached hydrogens (tertiary/aromatic N) is 2. The van der Waals surface area contributed by atoms with Gasteiger partial charge in [-0.3, -0.25) is 9.69 Å². The summed E-state index contributed by atoms with van der Waals surface area (Å²) in [5.74, 6) is -0.141. The van der Waals surface area contributed by atoms with Gasteiger partial charge in [-0.1, -0.05) is 12.1 Å². The van der Waals surface area contributed by atoms with Crippen LogP contribution in [-0.4, -0.2) is 81.5 Å². The number of hydrogen-bond donors (Lipinski definition) is 0. The maximum absolute atomic E-state index is 13.2. The fraction of sp³-hybridized carbons (Fsp3) is 0.667. The normalized spacial score (nSPS) is 26.2. The summed E-state index contributed by atoms with van der Waals surface area (Å²) < 4.78 is 30.4. The average molecular weight is 392 g/mol. The monoisotopic (exact) mass is 392 g/mol. The van der Waals surface area contributed by atoms with E-state index in [2.05, 4.69) is 4.90 Å². The van der Waals surface area contributed by atoms with Crippen LogP contribution in [-0.2, 0) is 19.0 Å². The smallest absolute Gasteiger partial charge is 0.236 e. The van der Waals surface area contributed by atoms with Gasteiger partial charge in [0.2, 0.25) is 5.91 Å². The molecule has 1 aromatic carbocycles. The van der Waals surface area contributed by atoms with Crippen molar-refractivity contribution >= 4 is 5.91 Å². The van der Waals surface area contributed by atoms with Crippen molar-refractivity contribution in [3.8, 4) is 0 Å². The van der Waals surface area contributed by atoms with Crippen LogP contribution in [0.1, 0.15) is 24.5 Å². The number of benzene rings is 1. The first-order valence-electron chi connectivity index (χ1n) is 10.2. The van der Waals surface area contributed by atoms with Crippen molar-refractivity contribution < 1.29 is 23.4 Å². The van der Waals surface area contributed by atoms with Crippen LogP contribution in [0, 0.1) is 11.2 Å². The molecule has 7 heteroatoms. The van der Waals surface area contributed by atoms with Crippen LogP contribution in [0.5, 0.6) is 0 Å². The van der Waals surface area contributed by atoms with Crippen LogP contribution >= 0.6 is 0 Å². The predicted molar refractivity (Wildman–Crippen MR) is 101 cm³/mol. The first kappa shape index (κ1) is 19.8. The van der Waals surface area contributed by atoms with Gasteiger partial charge in [-0.25, -0.2) is 4.39 Å². The molecule has 3 aliphatic heterocycles. The average Bonchev–Trinajstić information content (AvgIpc) is 2.91. The van der Waals surface area contributed by atoms with E-state index in [4.69, 9.17) is 14.2 Å². The summed E-state index contributed by atoms with van der Waals surface area (Å²) in [4.78, 5) is 17.1. The Hall–Kier alpha value is -1.54. The molecule has 28 heavy (non-hydrogen) atoms. The van der Waals surface area contributed by atoms with Gasteiger partial charge >= 0.3 is 0 Å². The van der Waals surface area contributed by atoms with Crippen LogP contribution in [0.4, 0.5) is 4.39 Å². The summed E-state index contributed by atoms with van der Waals surface area (Å²) in [6.07, 6.45) is 1.77. The van der Waals surface area contributed by atoms with E-state index in [1.165, 1.54) is 12.1 Å². The molecule has 3 fully saturated rings. The number of rotatable bonds is 3. The fourth-order valence-electron chi connectivity index (χ4n) is 4.37. The lowest BCUT2D eigenvalue weighted by atomic mass is 9.80. The molecule has 0 aliphatic carbocycles. The molecule has 4 rings (SSSR count). The van der Waals surface area contributed by atoms with Crippen LogP contribution in [0.15, 0.2) is 24.3 Å². The highest BCUT2D eigenvalue weighted by Crippen LogP contribution is 2.33. The molecule has 6 nitrogen and oxygen atoms in total. The first-order valence-corrected chi connectivity index (χ1v) is 10.2. The number of carbonyl (C=O) groups is 1. The van der Waals surface area contributed by atoms with Crippen molar-refractivity contribution in [2.45, 2.75) is 18.9 Å². The number of halogens is 1. The van der Waals surface area contributed by atoms with E-state index < -0.39 is 0 Å². The SMILES string of the molecule is O=C(CN1CCOCC2(CCOCC2)C1)N1CCOC(c2ccc(F)cc2)C1. The predicted octanol–water partition coefficient (Wildman–Crippen LogP) is 1.85. The second-order valence-corrected chi connectivity index (χ2v) is 8.13. The second kappa shape index (κ2) is 8.86. The quantitative estimate of drug-likeness (QED) is 0.786. The highest BCUT2D eigenvalue weighted by molar-refractivity contribution is 5.78. The zero-order valence-electron chi connectivity index (χ0n) is 16.3. The standard InChI is InChI=1S/C21H29FN2O4/c22-18-3-1-17(2-4-18)19-13-24(8-12-28-19)20(25)14-23-7-11-27-16-21(15-23)5-9-26-10-6-21/h1-4,19H,5-16H2. The Morgan fingerprint density at radius 2 is 1.86 bits per heavy atom. The maximum atomic E-state index is 13.2. The zero-order valence-corrected chi connectivity index (χ0v) is 16.3. The maximum Gasteiger partial charge on any atom is 0.236 e. The lowest BCUT2D eigenvalue weighted by Gasteiger charge is -2.39. The first-order chi connectivity index (χ1) is 13.6. The Bertz CT molecular complexity index is 663. The molecule has 0 radical (unpaired) electrons. The van der Waals surface area contributed by atoms with Gasteiger partial charge in [0.1, 0.15) is 11.9 Å². The molecule has 3 saturated heterocycles. The molecule has 0 saturated carbocycles. The summed E-state index contributed by atoms with van der Waals surface area (Å²) in [5.41, 5.74) is 1.01. The second-order valence-electron chi connectivity index (χ2n) is 8.13. The Labute approximate surface area is 165 Å². The summed E-state index contributed by atoms with van der Waals surface area (Å²) in [6, 6.07) is 6.33. The minimum absolute atomic E-state index is 0.108. The van der Waals surface area contributed by atoms with Gasteiger partial charge < -0.3 is 19.1 Å². The Balaban J connectivity index is 1.36. The number of ether oxygens (including phenoxy) is 3. The zero-order chi connectivity index (χ0) is 19.4. The summed E-state index contributed by atoms with van der Waals surface area (Å²) in [5, 5.41) is 0. The van der Waals surface area contributed by atoms with E-state index in [1.807, 2.05) is 4.90 Å². The lowest BCUT2D eigenvalue weighted by Crippen LogP contribution is -2.49. The van der Waals surface area contributed by atoms with E-state index >= 15 is 0 Å². The summed E-state index contributed by atoms with van der Waals surface area (Å²) in [6.45, 7) is 6.63. The van der Waals surface area contributed by atoms with Gasteiger partial charge in [-0.2, -0.15) is 0 Å². The van der Waals surface area contributed by atoms with E-state index in [-0.39, 0.29) is 23.2 Å². The van der Waals surface area contributed by atoms with Gasteiger partial charge in [-0.05, 0) is 30.5 Å². The minimum atomic E-state index is -0.266. The Kier molecular flexibility index (Phi) is 6.25. The summed E-state index contributed by atoms with van der Waals surface area (Å²) in [7, 11) is 0. The number of hydrogen-bond acceptors (Lipinski definition) is 5. The van der Waals surface area contributed by atoms with Crippen molar-refractivity contribution in [2.24, 2.45) is 5.41 Å². The molecule has 3 aliphatic rings. The topological polar surface area (TPSA) is 51.2 Å². The molecule has 1 amide bonds. The van der Waals surface area contributed by atoms with E-state index in [0.717, 1.165) is 51.3 Å². The van der Waals surface area contributed by atoms with E-state index in [1.54, 1.807) is 12.1 Å². The molecule has 0 bridgehead atoms. The number of amides is 1. The molecule has 1 spiro atoms. The largest absolute Gasteiger partial charge is 0.381 e. The molecule has 3 heterocycles. The van der Waals surface area contributed by atoms with Crippen molar-refractivity contribution in [2.75, 3.05) is 65.8 Å². The summed E-state index contributed by atoms with van der Waals surface area (Å²) >= 11 is 0. The molecular formula is C21H29FN2O4. The highest BCUT2D eigenvalue weighted by Gasteiger charge is 2.37. The van der Waals surface area contributed by atoms with Crippen LogP contribution in [0.25, 0.3) is 0 Å². The molecule has 1 atom stereocenters. The highest BCUT2D eigenvalue weighted by atomic mass is 19.1. The van der Waals surface area contributed by atoms with Crippen molar-refractivity contribution in [1.29, 1.82) is 0 Å². The van der Waals surface area contributed by atoms with Gasteiger partial charge in [0.25, 0.3) is 0 Å². The van der Waals surface area contributed by atoms with Crippen LogP contribution in [0.3, 0.4) is 0 Å². The molecule has 1 unspecified atom stereocenters. The van der Waals surface area contributed by atoms with E-state index in [9.17, 15) is 9.18 Å². The minimum Gasteiger partial charge on any atom is -0.381 e. The molecule has 0 N–H and O–H groups in total. The molecule has 1 aromatic rings. The van der Waals surface area contributed by atoms with Crippen LogP contribution in [0.2, 0.25) is 0 Å². The Morgan fingerprint density at radius 1 is 1.07 bits per heavy atom. The molecular weight excluding hydrogens is 363 g/mol. The van der Waals surface area contributed by atoms with Gasteiger partial charge in [0.05, 0.1) is 32.9 Å². The molecule has 0 aromatic heterocycles. The lowest BCUT2D eigenvalue weighted by molar-refractivity contribution is -0.140. The van der Waals surface area contributed by atoms with Crippen molar-refractivity contribution in [3.05, 3.63) is 35.6 Å². The number of morpholine rings is 1.